The van der Waals surface area contributed by atoms with Gasteiger partial charge in [-0.15, -0.1) is 0 Å². The van der Waals surface area contributed by atoms with E-state index < -0.39 is 18.1 Å². The molecule has 1 unspecified atom stereocenters. The van der Waals surface area contributed by atoms with Crippen LogP contribution in [-0.4, -0.2) is 35.2 Å². The van der Waals surface area contributed by atoms with Gasteiger partial charge in [-0.25, -0.2) is 0 Å². The van der Waals surface area contributed by atoms with Gasteiger partial charge in [0.25, 0.3) is 5.91 Å². The van der Waals surface area contributed by atoms with Gasteiger partial charge in [0.05, 0.1) is 6.04 Å². The van der Waals surface area contributed by atoms with E-state index in [1.165, 1.54) is 4.90 Å². The molecule has 0 saturated heterocycles. The highest BCUT2D eigenvalue weighted by atomic mass is 16.2. The Morgan fingerprint density at radius 1 is 0.667 bits per heavy atom. The monoisotopic (exact) mass is 635 g/mol. The molecule has 0 aliphatic carbocycles. The molecule has 6 rings (SSSR count). The molecule has 1 aliphatic heterocycles. The van der Waals surface area contributed by atoms with Gasteiger partial charge in [-0.3, -0.25) is 14.4 Å². The normalized spacial score (nSPS) is 15.2. The molecule has 1 aliphatic rings. The smallest absolute Gasteiger partial charge is 0.255 e. The number of hydrogen-bond donors (Lipinski definition) is 2. The van der Waals surface area contributed by atoms with Crippen LogP contribution in [0.1, 0.15) is 76.4 Å². The highest BCUT2D eigenvalue weighted by Crippen LogP contribution is 2.38. The molecule has 1 heterocycles. The third kappa shape index (κ3) is 6.79. The molecule has 48 heavy (non-hydrogen) atoms. The number of rotatable bonds is 12. The number of carbonyl (C=O) groups is 3. The van der Waals surface area contributed by atoms with Gasteiger partial charge in [-0.2, -0.15) is 0 Å². The Hall–Kier alpha value is -5.49. The third-order valence-corrected chi connectivity index (χ3v) is 9.43. The van der Waals surface area contributed by atoms with E-state index in [4.69, 9.17) is 0 Å². The second-order valence-corrected chi connectivity index (χ2v) is 12.4. The molecular weight excluding hydrogens is 594 g/mol. The van der Waals surface area contributed by atoms with Crippen LogP contribution in [0.2, 0.25) is 0 Å². The Balaban J connectivity index is 1.33. The number of nitrogens with zero attached hydrogens (tertiary/aromatic N) is 1. The number of benzene rings is 5. The van der Waals surface area contributed by atoms with Crippen LogP contribution in [0.3, 0.4) is 0 Å². The van der Waals surface area contributed by atoms with E-state index in [0.29, 0.717) is 24.1 Å². The standard InChI is InChI=1S/C42H41N3O3/c1-3-29(2)38(40(46)43-28-36(30-18-8-4-9-19-30)31-20-10-5-11-21-31)45-39(34-26-16-17-27-35(34)42(45)48)41(47)44-37(32-22-12-6-13-23-32)33-24-14-7-15-25-33/h4-27,29,36-39H,3,28H2,1-2H3,(H,43,46)(H,44,47)/t29-,38-,39?/m0/s1. The van der Waals surface area contributed by atoms with E-state index in [1.807, 2.05) is 123 Å². The molecule has 0 spiro atoms. The topological polar surface area (TPSA) is 78.5 Å². The van der Waals surface area contributed by atoms with Crippen LogP contribution in [0.15, 0.2) is 146 Å². The lowest BCUT2D eigenvalue weighted by atomic mass is 9.90. The fourth-order valence-corrected chi connectivity index (χ4v) is 6.75. The van der Waals surface area contributed by atoms with Gasteiger partial charge in [0.1, 0.15) is 12.1 Å². The van der Waals surface area contributed by atoms with E-state index in [9.17, 15) is 14.4 Å². The van der Waals surface area contributed by atoms with Gasteiger partial charge < -0.3 is 15.5 Å². The fourth-order valence-electron chi connectivity index (χ4n) is 6.75. The SMILES string of the molecule is CC[C@H](C)[C@@H](C(=O)NCC(c1ccccc1)c1ccccc1)N1C(=O)c2ccccc2C1C(=O)NC(c1ccccc1)c1ccccc1. The van der Waals surface area contributed by atoms with Crippen molar-refractivity contribution in [2.24, 2.45) is 5.92 Å². The highest BCUT2D eigenvalue weighted by Gasteiger charge is 2.48. The van der Waals surface area contributed by atoms with Crippen molar-refractivity contribution in [3.05, 3.63) is 179 Å². The molecule has 5 aromatic carbocycles. The van der Waals surface area contributed by atoms with Crippen molar-refractivity contribution in [3.63, 3.8) is 0 Å². The first-order valence-electron chi connectivity index (χ1n) is 16.7. The predicted molar refractivity (Wildman–Crippen MR) is 189 cm³/mol. The molecule has 2 N–H and O–H groups in total. The van der Waals surface area contributed by atoms with Crippen molar-refractivity contribution in [1.82, 2.24) is 15.5 Å². The summed E-state index contributed by atoms with van der Waals surface area (Å²) < 4.78 is 0. The van der Waals surface area contributed by atoms with Crippen molar-refractivity contribution in [3.8, 4) is 0 Å². The van der Waals surface area contributed by atoms with Crippen LogP contribution in [0.4, 0.5) is 0 Å². The lowest BCUT2D eigenvalue weighted by Gasteiger charge is -2.36. The molecule has 0 fully saturated rings. The number of carbonyl (C=O) groups excluding carboxylic acids is 3. The van der Waals surface area contributed by atoms with Gasteiger partial charge in [0.15, 0.2) is 0 Å². The number of hydrogen-bond acceptors (Lipinski definition) is 3. The average Bonchev–Trinajstić information content (AvgIpc) is 3.43. The van der Waals surface area contributed by atoms with Crippen molar-refractivity contribution in [2.45, 2.75) is 44.3 Å². The van der Waals surface area contributed by atoms with Gasteiger partial charge in [-0.1, -0.05) is 160 Å². The summed E-state index contributed by atoms with van der Waals surface area (Å²) in [5.41, 5.74) is 5.06. The van der Waals surface area contributed by atoms with Crippen LogP contribution >= 0.6 is 0 Å². The zero-order valence-electron chi connectivity index (χ0n) is 27.3. The molecular formula is C42H41N3O3. The Kier molecular flexibility index (Phi) is 10.1. The summed E-state index contributed by atoms with van der Waals surface area (Å²) in [6.07, 6.45) is 0.643. The largest absolute Gasteiger partial charge is 0.353 e. The lowest BCUT2D eigenvalue weighted by molar-refractivity contribution is -0.132. The number of fused-ring (bicyclic) bond motifs is 1. The summed E-state index contributed by atoms with van der Waals surface area (Å²) in [4.78, 5) is 44.7. The second kappa shape index (κ2) is 14.9. The summed E-state index contributed by atoms with van der Waals surface area (Å²) in [6.45, 7) is 4.32. The number of nitrogens with one attached hydrogen (secondary N) is 2. The zero-order valence-corrected chi connectivity index (χ0v) is 27.3. The molecule has 0 saturated carbocycles. The molecule has 6 heteroatoms. The summed E-state index contributed by atoms with van der Waals surface area (Å²) in [5.74, 6) is -1.23. The maximum absolute atomic E-state index is 14.6. The van der Waals surface area contributed by atoms with E-state index in [1.54, 1.807) is 12.1 Å². The van der Waals surface area contributed by atoms with Crippen molar-refractivity contribution in [2.75, 3.05) is 6.54 Å². The Morgan fingerprint density at radius 3 is 1.62 bits per heavy atom. The Bertz CT molecular complexity index is 1750. The van der Waals surface area contributed by atoms with Gasteiger partial charge >= 0.3 is 0 Å². The van der Waals surface area contributed by atoms with Crippen LogP contribution < -0.4 is 10.6 Å². The van der Waals surface area contributed by atoms with E-state index in [-0.39, 0.29) is 29.6 Å². The maximum Gasteiger partial charge on any atom is 0.255 e. The van der Waals surface area contributed by atoms with E-state index in [2.05, 4.69) is 34.9 Å². The molecule has 3 amide bonds. The van der Waals surface area contributed by atoms with E-state index >= 15 is 0 Å². The van der Waals surface area contributed by atoms with Gasteiger partial charge in [0, 0.05) is 18.0 Å². The average molecular weight is 636 g/mol. The van der Waals surface area contributed by atoms with Crippen molar-refractivity contribution >= 4 is 17.7 Å². The van der Waals surface area contributed by atoms with Gasteiger partial charge in [-0.05, 0) is 39.8 Å². The van der Waals surface area contributed by atoms with Crippen molar-refractivity contribution < 1.29 is 14.4 Å². The fraction of sp³-hybridized carbons (Fsp3) is 0.214. The first-order valence-corrected chi connectivity index (χ1v) is 16.7. The minimum absolute atomic E-state index is 0.0861. The van der Waals surface area contributed by atoms with Crippen LogP contribution in [-0.2, 0) is 9.59 Å². The first kappa shape index (κ1) is 32.5. The van der Waals surface area contributed by atoms with Crippen molar-refractivity contribution in [1.29, 1.82) is 0 Å². The van der Waals surface area contributed by atoms with Crippen LogP contribution in [0, 0.1) is 5.92 Å². The quantitative estimate of drug-likeness (QED) is 0.150. The molecule has 3 atom stereocenters. The zero-order chi connectivity index (χ0) is 33.5. The van der Waals surface area contributed by atoms with Gasteiger partial charge in [0.2, 0.25) is 11.8 Å². The Labute approximate surface area is 282 Å². The third-order valence-electron chi connectivity index (χ3n) is 9.43. The predicted octanol–water partition coefficient (Wildman–Crippen LogP) is 7.45. The molecule has 6 nitrogen and oxygen atoms in total. The maximum atomic E-state index is 14.6. The van der Waals surface area contributed by atoms with E-state index in [0.717, 1.165) is 22.3 Å². The minimum Gasteiger partial charge on any atom is -0.353 e. The molecule has 0 aromatic heterocycles. The molecule has 5 aromatic rings. The second-order valence-electron chi connectivity index (χ2n) is 12.4. The number of amides is 3. The lowest BCUT2D eigenvalue weighted by Crippen LogP contribution is -2.54. The molecule has 0 bridgehead atoms. The van der Waals surface area contributed by atoms with Crippen LogP contribution in [0.5, 0.6) is 0 Å². The molecule has 0 radical (unpaired) electrons. The Morgan fingerprint density at radius 2 is 1.12 bits per heavy atom. The van der Waals surface area contributed by atoms with Crippen LogP contribution in [0.25, 0.3) is 0 Å². The summed E-state index contributed by atoms with van der Waals surface area (Å²) in [6, 6.07) is 44.7. The summed E-state index contributed by atoms with van der Waals surface area (Å²) in [5, 5.41) is 6.47. The minimum atomic E-state index is -0.979. The highest BCUT2D eigenvalue weighted by molar-refractivity contribution is 6.07. The first-order chi connectivity index (χ1) is 23.5. The summed E-state index contributed by atoms with van der Waals surface area (Å²) >= 11 is 0. The summed E-state index contributed by atoms with van der Waals surface area (Å²) in [7, 11) is 0. The molecule has 242 valence electrons.